The Morgan fingerprint density at radius 3 is 2.44 bits per heavy atom. The molecule has 0 amide bonds. The van der Waals surface area contributed by atoms with Crippen molar-refractivity contribution >= 4 is 15.7 Å². The molecule has 4 N–H and O–H groups in total. The van der Waals surface area contributed by atoms with E-state index in [2.05, 4.69) is 10.0 Å². The van der Waals surface area contributed by atoms with Crippen LogP contribution >= 0.6 is 0 Å². The fourth-order valence-electron chi connectivity index (χ4n) is 1.38. The molecule has 0 spiro atoms. The van der Waals surface area contributed by atoms with E-state index in [-0.39, 0.29) is 4.90 Å². The number of hydrogen-bond donors (Lipinski definition) is 3. The molecular weight excluding hydrogens is 250 g/mol. The Morgan fingerprint density at radius 2 is 1.89 bits per heavy atom. The van der Waals surface area contributed by atoms with Crippen molar-refractivity contribution in [3.8, 4) is 0 Å². The Kier molecular flexibility index (Phi) is 5.84. The van der Waals surface area contributed by atoms with E-state index in [9.17, 15) is 8.42 Å². The maximum Gasteiger partial charge on any atom is 0.240 e. The van der Waals surface area contributed by atoms with Crippen molar-refractivity contribution < 1.29 is 8.42 Å². The molecule has 5 nitrogen and oxygen atoms in total. The lowest BCUT2D eigenvalue weighted by molar-refractivity contribution is 0.584. The summed E-state index contributed by atoms with van der Waals surface area (Å²) in [5.74, 6) is 0. The molecule has 0 aliphatic carbocycles. The quantitative estimate of drug-likeness (QED) is 0.642. The number of sulfonamides is 1. The van der Waals surface area contributed by atoms with Crippen LogP contribution in [0.2, 0.25) is 0 Å². The van der Waals surface area contributed by atoms with E-state index in [1.54, 1.807) is 31.2 Å². The third-order valence-electron chi connectivity index (χ3n) is 2.23. The van der Waals surface area contributed by atoms with Gasteiger partial charge in [0.25, 0.3) is 0 Å². The van der Waals surface area contributed by atoms with E-state index in [0.29, 0.717) is 19.6 Å². The van der Waals surface area contributed by atoms with Crippen LogP contribution in [0.4, 0.5) is 5.69 Å². The number of benzene rings is 1. The lowest BCUT2D eigenvalue weighted by atomic mass is 10.3. The summed E-state index contributed by atoms with van der Waals surface area (Å²) in [6, 6.07) is 6.63. The van der Waals surface area contributed by atoms with Crippen LogP contribution < -0.4 is 15.8 Å². The molecule has 0 bridgehead atoms. The molecule has 18 heavy (non-hydrogen) atoms. The lowest BCUT2D eigenvalue weighted by Gasteiger charge is -2.06. The van der Waals surface area contributed by atoms with Gasteiger partial charge in [-0.1, -0.05) is 19.1 Å². The van der Waals surface area contributed by atoms with Crippen molar-refractivity contribution in [2.75, 3.05) is 25.0 Å². The summed E-state index contributed by atoms with van der Waals surface area (Å²) in [6.45, 7) is 3.31. The summed E-state index contributed by atoms with van der Waals surface area (Å²) in [5.41, 5.74) is 6.18. The van der Waals surface area contributed by atoms with Gasteiger partial charge >= 0.3 is 0 Å². The number of anilines is 1. The SMILES string of the molecule is CCNS(=O)(=O)c1ccc(NC/C=C/CN)cc1. The van der Waals surface area contributed by atoms with Gasteiger partial charge in [-0.15, -0.1) is 0 Å². The fourth-order valence-corrected chi connectivity index (χ4v) is 2.42. The lowest BCUT2D eigenvalue weighted by Crippen LogP contribution is -2.23. The molecule has 0 radical (unpaired) electrons. The molecule has 0 unspecified atom stereocenters. The molecule has 6 heteroatoms. The molecule has 1 aromatic rings. The van der Waals surface area contributed by atoms with Crippen LogP contribution in [0.15, 0.2) is 41.3 Å². The topological polar surface area (TPSA) is 84.2 Å². The number of hydrogen-bond acceptors (Lipinski definition) is 4. The van der Waals surface area contributed by atoms with Gasteiger partial charge in [-0.2, -0.15) is 0 Å². The summed E-state index contributed by atoms with van der Waals surface area (Å²) in [7, 11) is -3.36. The van der Waals surface area contributed by atoms with Crippen molar-refractivity contribution in [3.05, 3.63) is 36.4 Å². The Balaban J connectivity index is 2.66. The third kappa shape index (κ3) is 4.48. The minimum absolute atomic E-state index is 0.271. The van der Waals surface area contributed by atoms with Crippen LogP contribution in [0.25, 0.3) is 0 Å². The highest BCUT2D eigenvalue weighted by atomic mass is 32.2. The first-order valence-electron chi connectivity index (χ1n) is 5.79. The van der Waals surface area contributed by atoms with Crippen LogP contribution in [0.5, 0.6) is 0 Å². The van der Waals surface area contributed by atoms with E-state index in [4.69, 9.17) is 5.73 Å². The molecule has 0 saturated carbocycles. The molecule has 0 saturated heterocycles. The first kappa shape index (κ1) is 14.7. The second-order valence-electron chi connectivity index (χ2n) is 3.61. The van der Waals surface area contributed by atoms with Gasteiger partial charge in [0.2, 0.25) is 10.0 Å². The Labute approximate surface area is 108 Å². The zero-order valence-corrected chi connectivity index (χ0v) is 11.2. The standard InChI is InChI=1S/C12H19N3O2S/c1-2-15-18(16,17)12-7-5-11(6-8-12)14-10-4-3-9-13/h3-8,14-15H,2,9-10,13H2,1H3/b4-3+. The van der Waals surface area contributed by atoms with E-state index in [0.717, 1.165) is 5.69 Å². The van der Waals surface area contributed by atoms with Crippen molar-refractivity contribution in [1.29, 1.82) is 0 Å². The monoisotopic (exact) mass is 269 g/mol. The maximum atomic E-state index is 11.7. The summed E-state index contributed by atoms with van der Waals surface area (Å²) < 4.78 is 25.8. The average molecular weight is 269 g/mol. The van der Waals surface area contributed by atoms with E-state index < -0.39 is 10.0 Å². The van der Waals surface area contributed by atoms with Gasteiger partial charge in [0, 0.05) is 25.3 Å². The molecule has 0 aromatic heterocycles. The van der Waals surface area contributed by atoms with Gasteiger partial charge in [0.1, 0.15) is 0 Å². The molecule has 0 aliphatic rings. The van der Waals surface area contributed by atoms with E-state index >= 15 is 0 Å². The number of rotatable bonds is 7. The summed E-state index contributed by atoms with van der Waals surface area (Å²) in [6.07, 6.45) is 3.78. The van der Waals surface area contributed by atoms with E-state index in [1.807, 2.05) is 12.2 Å². The highest BCUT2D eigenvalue weighted by molar-refractivity contribution is 7.89. The Bertz CT molecular complexity index is 481. The predicted octanol–water partition coefficient (Wildman–Crippen LogP) is 0.912. The minimum atomic E-state index is -3.36. The van der Waals surface area contributed by atoms with Crippen LogP contribution in [0.1, 0.15) is 6.92 Å². The van der Waals surface area contributed by atoms with Crippen LogP contribution in [-0.4, -0.2) is 28.1 Å². The summed E-state index contributed by atoms with van der Waals surface area (Å²) in [5, 5.41) is 3.13. The normalized spacial score (nSPS) is 11.9. The third-order valence-corrected chi connectivity index (χ3v) is 3.79. The second-order valence-corrected chi connectivity index (χ2v) is 5.38. The summed E-state index contributed by atoms with van der Waals surface area (Å²) >= 11 is 0. The molecule has 0 aliphatic heterocycles. The largest absolute Gasteiger partial charge is 0.382 e. The molecule has 0 heterocycles. The minimum Gasteiger partial charge on any atom is -0.382 e. The molecular formula is C12H19N3O2S. The van der Waals surface area contributed by atoms with Crippen LogP contribution in [0.3, 0.4) is 0 Å². The van der Waals surface area contributed by atoms with Gasteiger partial charge in [-0.3, -0.25) is 0 Å². The molecule has 0 atom stereocenters. The first-order chi connectivity index (χ1) is 8.60. The van der Waals surface area contributed by atoms with Crippen LogP contribution in [0, 0.1) is 0 Å². The maximum absolute atomic E-state index is 11.7. The molecule has 1 rings (SSSR count). The Morgan fingerprint density at radius 1 is 1.22 bits per heavy atom. The van der Waals surface area contributed by atoms with Crippen molar-refractivity contribution in [3.63, 3.8) is 0 Å². The zero-order valence-electron chi connectivity index (χ0n) is 10.4. The van der Waals surface area contributed by atoms with Crippen molar-refractivity contribution in [2.45, 2.75) is 11.8 Å². The predicted molar refractivity (Wildman–Crippen MR) is 74.0 cm³/mol. The average Bonchev–Trinajstić information content (AvgIpc) is 2.35. The highest BCUT2D eigenvalue weighted by Gasteiger charge is 2.11. The fraction of sp³-hybridized carbons (Fsp3) is 0.333. The first-order valence-corrected chi connectivity index (χ1v) is 7.27. The van der Waals surface area contributed by atoms with Gasteiger partial charge < -0.3 is 11.1 Å². The molecule has 100 valence electrons. The second kappa shape index (κ2) is 7.15. The smallest absolute Gasteiger partial charge is 0.240 e. The van der Waals surface area contributed by atoms with Gasteiger partial charge in [-0.05, 0) is 24.3 Å². The molecule has 0 fully saturated rings. The Hall–Kier alpha value is -1.37. The van der Waals surface area contributed by atoms with E-state index in [1.165, 1.54) is 0 Å². The van der Waals surface area contributed by atoms with Crippen molar-refractivity contribution in [1.82, 2.24) is 4.72 Å². The van der Waals surface area contributed by atoms with Crippen LogP contribution in [-0.2, 0) is 10.0 Å². The zero-order chi connectivity index (χ0) is 13.4. The van der Waals surface area contributed by atoms with Gasteiger partial charge in [0.15, 0.2) is 0 Å². The molecule has 1 aromatic carbocycles. The number of nitrogens with one attached hydrogen (secondary N) is 2. The van der Waals surface area contributed by atoms with Gasteiger partial charge in [-0.25, -0.2) is 13.1 Å². The highest BCUT2D eigenvalue weighted by Crippen LogP contribution is 2.13. The van der Waals surface area contributed by atoms with Crippen molar-refractivity contribution in [2.24, 2.45) is 5.73 Å². The summed E-state index contributed by atoms with van der Waals surface area (Å²) in [4.78, 5) is 0.271. The van der Waals surface area contributed by atoms with Gasteiger partial charge in [0.05, 0.1) is 4.90 Å². The number of nitrogens with two attached hydrogens (primary N) is 1.